The molecule has 0 aliphatic carbocycles. The number of aromatic nitrogens is 2. The number of carbonyl (C=O) groups is 1. The van der Waals surface area contributed by atoms with Crippen molar-refractivity contribution < 1.29 is 4.79 Å². The lowest BCUT2D eigenvalue weighted by atomic mass is 10.1. The van der Waals surface area contributed by atoms with Gasteiger partial charge in [-0.05, 0) is 43.2 Å². The van der Waals surface area contributed by atoms with E-state index in [1.165, 1.54) is 16.5 Å². The number of amides is 1. The van der Waals surface area contributed by atoms with E-state index in [9.17, 15) is 4.79 Å². The van der Waals surface area contributed by atoms with Crippen molar-refractivity contribution in [2.75, 3.05) is 32.7 Å². The van der Waals surface area contributed by atoms with Crippen LogP contribution in [0.5, 0.6) is 0 Å². The topological polar surface area (TPSA) is 41.4 Å². The Labute approximate surface area is 160 Å². The highest BCUT2D eigenvalue weighted by Gasteiger charge is 2.22. The molecule has 3 aromatic rings. The van der Waals surface area contributed by atoms with Crippen molar-refractivity contribution >= 4 is 16.9 Å². The Morgan fingerprint density at radius 1 is 1.07 bits per heavy atom. The van der Waals surface area contributed by atoms with Gasteiger partial charge in [-0.3, -0.25) is 9.69 Å². The van der Waals surface area contributed by atoms with Gasteiger partial charge in [0.05, 0.1) is 0 Å². The minimum absolute atomic E-state index is 0.148. The van der Waals surface area contributed by atoms with Crippen LogP contribution >= 0.6 is 0 Å². The van der Waals surface area contributed by atoms with E-state index in [1.807, 2.05) is 55.4 Å². The van der Waals surface area contributed by atoms with Gasteiger partial charge in [-0.2, -0.15) is 0 Å². The number of hydrogen-bond acceptors (Lipinski definition) is 3. The van der Waals surface area contributed by atoms with Crippen molar-refractivity contribution in [2.24, 2.45) is 7.05 Å². The van der Waals surface area contributed by atoms with Crippen molar-refractivity contribution in [3.63, 3.8) is 0 Å². The second kappa shape index (κ2) is 7.53. The summed E-state index contributed by atoms with van der Waals surface area (Å²) in [5.74, 6) is 0.148. The minimum atomic E-state index is 0.148. The maximum Gasteiger partial charge on any atom is 0.253 e. The molecule has 140 valence electrons. The maximum absolute atomic E-state index is 12.6. The van der Waals surface area contributed by atoms with Crippen LogP contribution in [-0.2, 0) is 13.5 Å². The number of piperazine rings is 1. The summed E-state index contributed by atoms with van der Waals surface area (Å²) in [5.41, 5.74) is 4.36. The third kappa shape index (κ3) is 3.74. The van der Waals surface area contributed by atoms with Crippen LogP contribution in [-0.4, -0.2) is 58.0 Å². The molecule has 27 heavy (non-hydrogen) atoms. The molecular weight excluding hydrogens is 336 g/mol. The molecule has 1 aromatic carbocycles. The standard InChI is InChI=1S/C22H26N4O/c1-17-5-7-18(8-6-17)22(27)26-14-12-25(13-15-26)11-9-19-16-24(2)21-20(19)4-3-10-23-21/h3-8,10,16H,9,11-15H2,1-2H3. The largest absolute Gasteiger partial charge is 0.336 e. The number of rotatable bonds is 4. The second-order valence-corrected chi connectivity index (χ2v) is 7.39. The van der Waals surface area contributed by atoms with Gasteiger partial charge in [0.25, 0.3) is 5.91 Å². The smallest absolute Gasteiger partial charge is 0.253 e. The molecule has 0 radical (unpaired) electrons. The Kier molecular flexibility index (Phi) is 4.94. The molecule has 5 heteroatoms. The Hall–Kier alpha value is -2.66. The molecule has 2 aromatic heterocycles. The molecular formula is C22H26N4O. The van der Waals surface area contributed by atoms with Gasteiger partial charge in [0.15, 0.2) is 0 Å². The van der Waals surface area contributed by atoms with Gasteiger partial charge in [0.2, 0.25) is 0 Å². The quantitative estimate of drug-likeness (QED) is 0.717. The Morgan fingerprint density at radius 2 is 1.81 bits per heavy atom. The Morgan fingerprint density at radius 3 is 2.56 bits per heavy atom. The molecule has 0 spiro atoms. The highest BCUT2D eigenvalue weighted by Crippen LogP contribution is 2.19. The fraction of sp³-hybridized carbons (Fsp3) is 0.364. The van der Waals surface area contributed by atoms with Crippen LogP contribution in [0.1, 0.15) is 21.5 Å². The highest BCUT2D eigenvalue weighted by molar-refractivity contribution is 5.94. The summed E-state index contributed by atoms with van der Waals surface area (Å²) in [6, 6.07) is 12.0. The van der Waals surface area contributed by atoms with Crippen LogP contribution in [0.4, 0.5) is 0 Å². The van der Waals surface area contributed by atoms with Crippen molar-refractivity contribution in [1.82, 2.24) is 19.4 Å². The van der Waals surface area contributed by atoms with Gasteiger partial charge in [0, 0.05) is 63.1 Å². The van der Waals surface area contributed by atoms with Crippen LogP contribution in [0.15, 0.2) is 48.8 Å². The van der Waals surface area contributed by atoms with E-state index in [-0.39, 0.29) is 5.91 Å². The minimum Gasteiger partial charge on any atom is -0.336 e. The van der Waals surface area contributed by atoms with Crippen LogP contribution in [0.3, 0.4) is 0 Å². The van der Waals surface area contributed by atoms with Gasteiger partial charge in [-0.25, -0.2) is 4.98 Å². The van der Waals surface area contributed by atoms with Crippen LogP contribution in [0.2, 0.25) is 0 Å². The molecule has 0 N–H and O–H groups in total. The average molecular weight is 362 g/mol. The summed E-state index contributed by atoms with van der Waals surface area (Å²) < 4.78 is 2.10. The lowest BCUT2D eigenvalue weighted by Crippen LogP contribution is -2.49. The van der Waals surface area contributed by atoms with E-state index in [4.69, 9.17) is 0 Å². The molecule has 1 aliphatic rings. The summed E-state index contributed by atoms with van der Waals surface area (Å²) >= 11 is 0. The zero-order valence-electron chi connectivity index (χ0n) is 16.1. The predicted molar refractivity (Wildman–Crippen MR) is 108 cm³/mol. The molecule has 0 saturated carbocycles. The van der Waals surface area contributed by atoms with E-state index in [0.29, 0.717) is 0 Å². The first-order valence-electron chi connectivity index (χ1n) is 9.59. The number of nitrogens with zero attached hydrogens (tertiary/aromatic N) is 4. The van der Waals surface area contributed by atoms with Gasteiger partial charge in [-0.15, -0.1) is 0 Å². The number of hydrogen-bond donors (Lipinski definition) is 0. The van der Waals surface area contributed by atoms with Gasteiger partial charge in [0.1, 0.15) is 5.65 Å². The van der Waals surface area contributed by atoms with Crippen molar-refractivity contribution in [3.8, 4) is 0 Å². The molecule has 1 amide bonds. The average Bonchev–Trinajstić information content (AvgIpc) is 3.03. The first-order chi connectivity index (χ1) is 13.1. The van der Waals surface area contributed by atoms with Crippen molar-refractivity contribution in [2.45, 2.75) is 13.3 Å². The molecule has 3 heterocycles. The third-order valence-electron chi connectivity index (χ3n) is 5.47. The van der Waals surface area contributed by atoms with E-state index in [2.05, 4.69) is 26.7 Å². The summed E-state index contributed by atoms with van der Waals surface area (Å²) in [7, 11) is 2.05. The fourth-order valence-corrected chi connectivity index (χ4v) is 3.82. The zero-order chi connectivity index (χ0) is 18.8. The monoisotopic (exact) mass is 362 g/mol. The fourth-order valence-electron chi connectivity index (χ4n) is 3.82. The van der Waals surface area contributed by atoms with Crippen LogP contribution in [0.25, 0.3) is 11.0 Å². The molecule has 1 aliphatic heterocycles. The first-order valence-corrected chi connectivity index (χ1v) is 9.59. The summed E-state index contributed by atoms with van der Waals surface area (Å²) in [6.07, 6.45) is 5.04. The number of fused-ring (bicyclic) bond motifs is 1. The number of aryl methyl sites for hydroxylation is 2. The van der Waals surface area contributed by atoms with Gasteiger partial charge in [-0.1, -0.05) is 17.7 Å². The van der Waals surface area contributed by atoms with Crippen molar-refractivity contribution in [3.05, 3.63) is 65.5 Å². The number of pyridine rings is 1. The molecule has 5 nitrogen and oxygen atoms in total. The Bertz CT molecular complexity index is 937. The predicted octanol–water partition coefficient (Wildman–Crippen LogP) is 2.88. The normalized spacial score (nSPS) is 15.4. The van der Waals surface area contributed by atoms with E-state index < -0.39 is 0 Å². The van der Waals surface area contributed by atoms with Gasteiger partial charge >= 0.3 is 0 Å². The molecule has 4 rings (SSSR count). The summed E-state index contributed by atoms with van der Waals surface area (Å²) in [5, 5.41) is 1.24. The number of benzene rings is 1. The van der Waals surface area contributed by atoms with E-state index in [0.717, 1.165) is 50.4 Å². The molecule has 1 saturated heterocycles. The molecule has 1 fully saturated rings. The SMILES string of the molecule is Cc1ccc(C(=O)N2CCN(CCc3cn(C)c4ncccc34)CC2)cc1. The van der Waals surface area contributed by atoms with E-state index in [1.54, 1.807) is 0 Å². The maximum atomic E-state index is 12.6. The first kappa shape index (κ1) is 17.7. The molecule has 0 unspecified atom stereocenters. The highest BCUT2D eigenvalue weighted by atomic mass is 16.2. The third-order valence-corrected chi connectivity index (χ3v) is 5.47. The zero-order valence-corrected chi connectivity index (χ0v) is 16.1. The van der Waals surface area contributed by atoms with Crippen LogP contribution in [0, 0.1) is 6.92 Å². The van der Waals surface area contributed by atoms with Crippen LogP contribution < -0.4 is 0 Å². The second-order valence-electron chi connectivity index (χ2n) is 7.39. The lowest BCUT2D eigenvalue weighted by molar-refractivity contribution is 0.0638. The summed E-state index contributed by atoms with van der Waals surface area (Å²) in [4.78, 5) is 21.5. The van der Waals surface area contributed by atoms with E-state index >= 15 is 0 Å². The van der Waals surface area contributed by atoms with Crippen molar-refractivity contribution in [1.29, 1.82) is 0 Å². The molecule has 0 bridgehead atoms. The Balaban J connectivity index is 1.33. The lowest BCUT2D eigenvalue weighted by Gasteiger charge is -2.34. The number of carbonyl (C=O) groups excluding carboxylic acids is 1. The van der Waals surface area contributed by atoms with Gasteiger partial charge < -0.3 is 9.47 Å². The summed E-state index contributed by atoms with van der Waals surface area (Å²) in [6.45, 7) is 6.51. The molecule has 0 atom stereocenters.